The second-order valence-corrected chi connectivity index (χ2v) is 6.40. The molecule has 1 aliphatic rings. The first-order valence-electron chi connectivity index (χ1n) is 7.44. The molecule has 26 heavy (non-hydrogen) atoms. The molecule has 0 aliphatic carbocycles. The van der Waals surface area contributed by atoms with Gasteiger partial charge in [0.05, 0.1) is 5.02 Å². The van der Waals surface area contributed by atoms with Crippen LogP contribution in [-0.2, 0) is 9.59 Å². The third kappa shape index (κ3) is 3.36. The van der Waals surface area contributed by atoms with Gasteiger partial charge in [0.2, 0.25) is 5.91 Å². The van der Waals surface area contributed by atoms with E-state index in [9.17, 15) is 18.8 Å². The summed E-state index contributed by atoms with van der Waals surface area (Å²) >= 11 is 11.8. The van der Waals surface area contributed by atoms with E-state index in [1.807, 2.05) is 0 Å². The summed E-state index contributed by atoms with van der Waals surface area (Å²) in [6.45, 7) is 1.37. The number of nitrogens with one attached hydrogen (secondary N) is 2. The van der Waals surface area contributed by atoms with Crippen LogP contribution in [0.25, 0.3) is 0 Å². The normalized spacial score (nSPS) is 16.6. The third-order valence-corrected chi connectivity index (χ3v) is 4.37. The van der Waals surface area contributed by atoms with Gasteiger partial charge in [0.25, 0.3) is 5.91 Å². The van der Waals surface area contributed by atoms with Crippen molar-refractivity contribution in [3.05, 3.63) is 57.8 Å². The van der Waals surface area contributed by atoms with Gasteiger partial charge in [0.1, 0.15) is 11.9 Å². The van der Waals surface area contributed by atoms with E-state index in [1.165, 1.54) is 13.0 Å². The molecule has 1 heterocycles. The van der Waals surface area contributed by atoms with Gasteiger partial charge in [-0.15, -0.1) is 0 Å². The Morgan fingerprint density at radius 3 is 2.42 bits per heavy atom. The van der Waals surface area contributed by atoms with E-state index in [-0.39, 0.29) is 21.5 Å². The lowest BCUT2D eigenvalue weighted by molar-refractivity contribution is -0.120. The van der Waals surface area contributed by atoms with Crippen LogP contribution in [0, 0.1) is 5.82 Å². The van der Waals surface area contributed by atoms with E-state index < -0.39 is 23.8 Å². The molecule has 4 amide bonds. The van der Waals surface area contributed by atoms with E-state index in [4.69, 9.17) is 23.2 Å². The number of benzene rings is 2. The number of halogens is 3. The fourth-order valence-corrected chi connectivity index (χ4v) is 3.16. The Bertz CT molecular complexity index is 918. The molecule has 1 fully saturated rings. The SMILES string of the molecule is CC(=O)Nc1ccc(N2C(=O)NC(=O)C2c2cc(F)c(Cl)cc2Cl)cc1. The van der Waals surface area contributed by atoms with Gasteiger partial charge in [-0.2, -0.15) is 0 Å². The number of amides is 4. The van der Waals surface area contributed by atoms with Gasteiger partial charge in [-0.25, -0.2) is 9.18 Å². The highest BCUT2D eigenvalue weighted by atomic mass is 35.5. The average molecular weight is 396 g/mol. The van der Waals surface area contributed by atoms with Crippen LogP contribution in [0.4, 0.5) is 20.6 Å². The maximum atomic E-state index is 13.9. The van der Waals surface area contributed by atoms with Crippen LogP contribution in [-0.4, -0.2) is 17.8 Å². The van der Waals surface area contributed by atoms with E-state index in [1.54, 1.807) is 24.3 Å². The van der Waals surface area contributed by atoms with Crippen molar-refractivity contribution in [3.8, 4) is 0 Å². The van der Waals surface area contributed by atoms with Crippen LogP contribution < -0.4 is 15.5 Å². The Balaban J connectivity index is 2.02. The lowest BCUT2D eigenvalue weighted by atomic mass is 10.0. The van der Waals surface area contributed by atoms with Crippen molar-refractivity contribution >= 4 is 52.4 Å². The number of imide groups is 1. The molecule has 1 saturated heterocycles. The zero-order valence-electron chi connectivity index (χ0n) is 13.3. The van der Waals surface area contributed by atoms with Gasteiger partial charge >= 0.3 is 6.03 Å². The van der Waals surface area contributed by atoms with E-state index >= 15 is 0 Å². The molecular formula is C17H12Cl2FN3O3. The highest BCUT2D eigenvalue weighted by Gasteiger charge is 2.41. The van der Waals surface area contributed by atoms with Crippen LogP contribution in [0.3, 0.4) is 0 Å². The summed E-state index contributed by atoms with van der Waals surface area (Å²) in [6.07, 6.45) is 0. The molecule has 3 rings (SSSR count). The minimum atomic E-state index is -1.15. The predicted molar refractivity (Wildman–Crippen MR) is 95.9 cm³/mol. The lowest BCUT2D eigenvalue weighted by Gasteiger charge is -2.23. The van der Waals surface area contributed by atoms with E-state index in [0.717, 1.165) is 11.0 Å². The predicted octanol–water partition coefficient (Wildman–Crippen LogP) is 3.89. The van der Waals surface area contributed by atoms with Crippen molar-refractivity contribution < 1.29 is 18.8 Å². The largest absolute Gasteiger partial charge is 0.329 e. The molecule has 1 aliphatic heterocycles. The number of hydrogen-bond donors (Lipinski definition) is 2. The van der Waals surface area contributed by atoms with Gasteiger partial charge in [-0.1, -0.05) is 23.2 Å². The molecule has 2 aromatic rings. The van der Waals surface area contributed by atoms with Crippen molar-refractivity contribution in [2.24, 2.45) is 0 Å². The van der Waals surface area contributed by atoms with Gasteiger partial charge < -0.3 is 5.32 Å². The number of urea groups is 1. The molecule has 1 unspecified atom stereocenters. The van der Waals surface area contributed by atoms with E-state index in [0.29, 0.717) is 11.4 Å². The first kappa shape index (κ1) is 18.2. The van der Waals surface area contributed by atoms with Crippen LogP contribution in [0.2, 0.25) is 10.0 Å². The van der Waals surface area contributed by atoms with Crippen LogP contribution in [0.15, 0.2) is 36.4 Å². The number of nitrogens with zero attached hydrogens (tertiary/aromatic N) is 1. The van der Waals surface area contributed by atoms with Crippen molar-refractivity contribution in [2.75, 3.05) is 10.2 Å². The Hall–Kier alpha value is -2.64. The highest BCUT2D eigenvalue weighted by molar-refractivity contribution is 6.35. The highest BCUT2D eigenvalue weighted by Crippen LogP contribution is 2.37. The summed E-state index contributed by atoms with van der Waals surface area (Å²) in [6, 6.07) is 6.66. The maximum Gasteiger partial charge on any atom is 0.329 e. The Labute approximate surface area is 157 Å². The average Bonchev–Trinajstić information content (AvgIpc) is 2.85. The van der Waals surface area contributed by atoms with Crippen LogP contribution in [0.1, 0.15) is 18.5 Å². The summed E-state index contributed by atoms with van der Waals surface area (Å²) < 4.78 is 13.9. The zero-order valence-corrected chi connectivity index (χ0v) is 14.9. The molecule has 0 aromatic heterocycles. The van der Waals surface area contributed by atoms with Gasteiger partial charge in [0.15, 0.2) is 0 Å². The number of carbonyl (C=O) groups is 3. The molecule has 0 spiro atoms. The topological polar surface area (TPSA) is 78.5 Å². The standard InChI is InChI=1S/C17H12Cl2FN3O3/c1-8(24)21-9-2-4-10(5-3-9)23-15(16(25)22-17(23)26)11-6-14(20)13(19)7-12(11)18/h2-7,15H,1H3,(H,21,24)(H,22,25,26). The zero-order chi connectivity index (χ0) is 19.0. The second kappa shape index (κ2) is 6.93. The van der Waals surface area contributed by atoms with Gasteiger partial charge in [0, 0.05) is 28.9 Å². The fourth-order valence-electron chi connectivity index (χ4n) is 2.67. The summed E-state index contributed by atoms with van der Waals surface area (Å²) in [5, 5.41) is 4.66. The third-order valence-electron chi connectivity index (χ3n) is 3.76. The Morgan fingerprint density at radius 1 is 1.15 bits per heavy atom. The lowest BCUT2D eigenvalue weighted by Crippen LogP contribution is -2.29. The maximum absolute atomic E-state index is 13.9. The number of carbonyl (C=O) groups excluding carboxylic acids is 3. The Morgan fingerprint density at radius 2 is 1.81 bits per heavy atom. The monoisotopic (exact) mass is 395 g/mol. The number of anilines is 2. The van der Waals surface area contributed by atoms with E-state index in [2.05, 4.69) is 10.6 Å². The van der Waals surface area contributed by atoms with Crippen LogP contribution in [0.5, 0.6) is 0 Å². The fraction of sp³-hybridized carbons (Fsp3) is 0.118. The summed E-state index contributed by atoms with van der Waals surface area (Å²) in [5.74, 6) is -1.63. The molecule has 2 N–H and O–H groups in total. The summed E-state index contributed by atoms with van der Waals surface area (Å²) in [5.41, 5.74) is 1.01. The number of rotatable bonds is 3. The quantitative estimate of drug-likeness (QED) is 0.611. The van der Waals surface area contributed by atoms with Crippen molar-refractivity contribution in [1.29, 1.82) is 0 Å². The second-order valence-electron chi connectivity index (χ2n) is 5.58. The van der Waals surface area contributed by atoms with Gasteiger partial charge in [-0.05, 0) is 36.4 Å². The molecule has 0 radical (unpaired) electrons. The van der Waals surface area contributed by atoms with Gasteiger partial charge in [-0.3, -0.25) is 19.8 Å². The molecular weight excluding hydrogens is 384 g/mol. The minimum absolute atomic E-state index is 0.0612. The molecule has 0 bridgehead atoms. The summed E-state index contributed by atoms with van der Waals surface area (Å²) in [7, 11) is 0. The molecule has 0 saturated carbocycles. The number of hydrogen-bond acceptors (Lipinski definition) is 3. The van der Waals surface area contributed by atoms with Crippen molar-refractivity contribution in [3.63, 3.8) is 0 Å². The smallest absolute Gasteiger partial charge is 0.326 e. The first-order valence-corrected chi connectivity index (χ1v) is 8.19. The summed E-state index contributed by atoms with van der Waals surface area (Å²) in [4.78, 5) is 36.8. The molecule has 9 heteroatoms. The Kier molecular flexibility index (Phi) is 4.84. The van der Waals surface area contributed by atoms with Crippen molar-refractivity contribution in [2.45, 2.75) is 13.0 Å². The molecule has 134 valence electrons. The molecule has 1 atom stereocenters. The van der Waals surface area contributed by atoms with Crippen LogP contribution >= 0.6 is 23.2 Å². The molecule has 2 aromatic carbocycles. The van der Waals surface area contributed by atoms with Crippen molar-refractivity contribution in [1.82, 2.24) is 5.32 Å². The first-order chi connectivity index (χ1) is 12.3. The minimum Gasteiger partial charge on any atom is -0.326 e. The molecule has 6 nitrogen and oxygen atoms in total.